The van der Waals surface area contributed by atoms with Crippen LogP contribution >= 0.6 is 0 Å². The molecule has 0 fully saturated rings. The first-order valence-electron chi connectivity index (χ1n) is 1.91. The molecule has 0 bridgehead atoms. The monoisotopic (exact) mass is 270 g/mol. The van der Waals surface area contributed by atoms with Crippen LogP contribution in [0, 0.1) is 35.3 Å². The van der Waals surface area contributed by atoms with Gasteiger partial charge in [-0.15, -0.1) is 0 Å². The van der Waals surface area contributed by atoms with Gasteiger partial charge in [-0.3, -0.25) is 0 Å². The van der Waals surface area contributed by atoms with Crippen molar-refractivity contribution < 1.29 is 26.7 Å². The number of nitroso groups, excluding NO2 is 1. The third-order valence-corrected chi connectivity index (χ3v) is 3.59. The van der Waals surface area contributed by atoms with E-state index in [1.807, 2.05) is 0 Å². The first-order valence-corrected chi connectivity index (χ1v) is 5.02. The average Bonchev–Trinajstić information content (AvgIpc) is 1.86. The Morgan fingerprint density at radius 1 is 0.917 bits per heavy atom. The fourth-order valence-electron chi connectivity index (χ4n) is 0.212. The number of nitro groups is 3. The van der Waals surface area contributed by atoms with E-state index in [0.29, 0.717) is 0 Å². The quantitative estimate of drug-likeness (QED) is 0.285. The molecule has 0 spiro atoms. The molecular formula is N4O7Ru. The predicted octanol–water partition coefficient (Wildman–Crippen LogP) is -0.603. The van der Waals surface area contributed by atoms with Crippen molar-refractivity contribution in [1.29, 1.82) is 0 Å². The summed E-state index contributed by atoms with van der Waals surface area (Å²) in [6.45, 7) is 0. The van der Waals surface area contributed by atoms with Gasteiger partial charge in [-0.1, -0.05) is 0 Å². The van der Waals surface area contributed by atoms with Gasteiger partial charge in [-0.05, 0) is 0 Å². The third-order valence-electron chi connectivity index (χ3n) is 0.606. The molecule has 0 aliphatic carbocycles. The summed E-state index contributed by atoms with van der Waals surface area (Å²) in [6, 6.07) is 0. The van der Waals surface area contributed by atoms with Gasteiger partial charge in [0.1, 0.15) is 0 Å². The van der Waals surface area contributed by atoms with Gasteiger partial charge < -0.3 is 0 Å². The van der Waals surface area contributed by atoms with Gasteiger partial charge in [0, 0.05) is 0 Å². The Hall–Kier alpha value is -1.58. The maximum atomic E-state index is 9.84. The molecule has 0 heterocycles. The Morgan fingerprint density at radius 2 is 1.17 bits per heavy atom. The molecule has 0 aliphatic heterocycles. The Bertz CT molecular complexity index is 220. The summed E-state index contributed by atoms with van der Waals surface area (Å²) in [6.07, 6.45) is 0. The maximum absolute atomic E-state index is 9.84. The van der Waals surface area contributed by atoms with Crippen LogP contribution in [-0.2, 0) is 15.7 Å². The summed E-state index contributed by atoms with van der Waals surface area (Å²) >= 11 is -6.11. The fraction of sp³-hybridized carbons (Fsp3) is 0. The normalized spacial score (nSPS) is 11.7. The molecule has 0 aromatic heterocycles. The van der Waals surface area contributed by atoms with E-state index in [2.05, 4.69) is 0 Å². The van der Waals surface area contributed by atoms with Gasteiger partial charge in [0.2, 0.25) is 0 Å². The van der Waals surface area contributed by atoms with Crippen LogP contribution in [0.3, 0.4) is 0 Å². The molecule has 0 radical (unpaired) electrons. The minimum atomic E-state index is -6.11. The topological polar surface area (TPSA) is 159 Å². The molecule has 0 amide bonds. The molecule has 0 aromatic carbocycles. The number of rotatable bonds is 4. The second kappa shape index (κ2) is 3.21. The zero-order chi connectivity index (χ0) is 9.94. The van der Waals surface area contributed by atoms with Crippen molar-refractivity contribution in [2.75, 3.05) is 0 Å². The van der Waals surface area contributed by atoms with E-state index < -0.39 is 26.7 Å². The van der Waals surface area contributed by atoms with Crippen molar-refractivity contribution in [2.45, 2.75) is 0 Å². The zero-order valence-electron chi connectivity index (χ0n) is 5.00. The van der Waals surface area contributed by atoms with Crippen LogP contribution < -0.4 is 0 Å². The van der Waals surface area contributed by atoms with Gasteiger partial charge in [-0.25, -0.2) is 0 Å². The van der Waals surface area contributed by atoms with Crippen LogP contribution in [0.1, 0.15) is 0 Å². The predicted molar refractivity (Wildman–Crippen MR) is 26.8 cm³/mol. The van der Waals surface area contributed by atoms with E-state index >= 15 is 0 Å². The SMILES string of the molecule is O=[N][Ru]([N+](=O)[O-])([N+](=O)[O-])[N+](=O)[O-]. The van der Waals surface area contributed by atoms with Crippen molar-refractivity contribution >= 4 is 0 Å². The van der Waals surface area contributed by atoms with E-state index in [0.717, 1.165) is 0 Å². The van der Waals surface area contributed by atoms with Crippen molar-refractivity contribution in [3.63, 3.8) is 0 Å². The molecule has 0 saturated carbocycles. The van der Waals surface area contributed by atoms with Crippen LogP contribution in [0.15, 0.2) is 3.92 Å². The molecule has 11 nitrogen and oxygen atoms in total. The van der Waals surface area contributed by atoms with Gasteiger partial charge in [0.25, 0.3) is 0 Å². The Morgan fingerprint density at radius 3 is 1.17 bits per heavy atom. The Balaban J connectivity index is 5.33. The van der Waals surface area contributed by atoms with Crippen LogP contribution in [0.5, 0.6) is 0 Å². The number of hydrogen-bond donors (Lipinski definition) is 0. The van der Waals surface area contributed by atoms with Gasteiger partial charge in [0.05, 0.1) is 0 Å². The molecule has 0 unspecified atom stereocenters. The molecule has 12 heteroatoms. The molecule has 12 heavy (non-hydrogen) atoms. The van der Waals surface area contributed by atoms with E-state index in [9.17, 15) is 35.3 Å². The minimum absolute atomic E-state index is 1.44. The summed E-state index contributed by atoms with van der Waals surface area (Å²) in [5.41, 5.74) is 0. The Labute approximate surface area is 66.6 Å². The number of hydrogen-bond acceptors (Lipinski definition) is 8. The summed E-state index contributed by atoms with van der Waals surface area (Å²) in [7, 11) is 0. The first kappa shape index (κ1) is 10.4. The fourth-order valence-corrected chi connectivity index (χ4v) is 1.25. The van der Waals surface area contributed by atoms with Gasteiger partial charge in [-0.2, -0.15) is 0 Å². The first-order chi connectivity index (χ1) is 5.39. The zero-order valence-corrected chi connectivity index (χ0v) is 6.74. The van der Waals surface area contributed by atoms with Crippen LogP contribution in [0.2, 0.25) is 0 Å². The van der Waals surface area contributed by atoms with E-state index in [1.54, 1.807) is 0 Å². The van der Waals surface area contributed by atoms with Crippen LogP contribution in [-0.4, -0.2) is 11.0 Å². The molecule has 0 atom stereocenters. The summed E-state index contributed by atoms with van der Waals surface area (Å²) in [4.78, 5) is 39.2. The second-order valence-corrected chi connectivity index (χ2v) is 5.41. The van der Waals surface area contributed by atoms with E-state index in [4.69, 9.17) is 0 Å². The van der Waals surface area contributed by atoms with Crippen molar-refractivity contribution in [2.24, 2.45) is 3.92 Å². The summed E-state index contributed by atoms with van der Waals surface area (Å²) in [5.74, 6) is 0. The standard InChI is InChI=1S/3NO2.NO.Ru/c3*2-1-3;1-2;/q;;;-1;+1. The van der Waals surface area contributed by atoms with E-state index in [-0.39, 0.29) is 0 Å². The average molecular weight is 269 g/mol. The molecular weight excluding hydrogens is 269 g/mol. The molecule has 0 rings (SSSR count). The second-order valence-electron chi connectivity index (χ2n) is 1.10. The molecule has 0 saturated heterocycles. The molecule has 0 aromatic rings. The van der Waals surface area contributed by atoms with Crippen LogP contribution in [0.25, 0.3) is 0 Å². The molecule has 70 valence electrons. The van der Waals surface area contributed by atoms with Crippen molar-refractivity contribution in [3.8, 4) is 0 Å². The summed E-state index contributed by atoms with van der Waals surface area (Å²) < 4.78 is -4.01. The van der Waals surface area contributed by atoms with Crippen molar-refractivity contribution in [3.05, 3.63) is 35.3 Å². The molecule has 0 aliphatic rings. The summed E-state index contributed by atoms with van der Waals surface area (Å²) in [5, 5.41) is 29.5. The van der Waals surface area contributed by atoms with Gasteiger partial charge >= 0.3 is 65.9 Å². The van der Waals surface area contributed by atoms with E-state index in [1.165, 1.54) is 3.92 Å². The molecule has 0 N–H and O–H groups in total. The third kappa shape index (κ3) is 1.23. The Kier molecular flexibility index (Phi) is 2.79. The van der Waals surface area contributed by atoms with Crippen molar-refractivity contribution in [1.82, 2.24) is 0 Å². The van der Waals surface area contributed by atoms with Gasteiger partial charge in [0.15, 0.2) is 0 Å². The number of nitrogens with zero attached hydrogens (tertiary/aromatic N) is 4. The van der Waals surface area contributed by atoms with Crippen LogP contribution in [0.4, 0.5) is 0 Å².